The number of ketones is 1. The summed E-state index contributed by atoms with van der Waals surface area (Å²) in [6.07, 6.45) is 0. The van der Waals surface area contributed by atoms with Gasteiger partial charge in [-0.25, -0.2) is 0 Å². The molecule has 4 rings (SSSR count). The van der Waals surface area contributed by atoms with Gasteiger partial charge in [-0.05, 0) is 12.1 Å². The number of carbonyl (C=O) groups is 2. The fourth-order valence-electron chi connectivity index (χ4n) is 3.39. The fourth-order valence-corrected chi connectivity index (χ4v) is 3.39. The molecule has 0 amide bonds. The smallest absolute Gasteiger partial charge is 0.278 e. The normalized spacial score (nSPS) is 12.8. The van der Waals surface area contributed by atoms with Crippen LogP contribution in [0.3, 0.4) is 0 Å². The molecule has 1 aromatic heterocycles. The second-order valence-corrected chi connectivity index (χ2v) is 7.28. The molecule has 0 saturated heterocycles. The molecular weight excluding hydrogens is 312 g/mol. The summed E-state index contributed by atoms with van der Waals surface area (Å²) in [4.78, 5) is 26.0. The Morgan fingerprint density at radius 2 is 1.52 bits per heavy atom. The van der Waals surface area contributed by atoms with Gasteiger partial charge < -0.3 is 0 Å². The molecular formula is C21H18N2O2. The van der Waals surface area contributed by atoms with E-state index < -0.39 is 5.41 Å². The highest BCUT2D eigenvalue weighted by Gasteiger charge is 2.39. The van der Waals surface area contributed by atoms with Crippen LogP contribution in [0.5, 0.6) is 0 Å². The van der Waals surface area contributed by atoms with E-state index in [9.17, 15) is 9.59 Å². The van der Waals surface area contributed by atoms with Crippen molar-refractivity contribution in [2.24, 2.45) is 0 Å². The maximum atomic E-state index is 13.0. The number of hydrogen-bond donors (Lipinski definition) is 0. The molecule has 4 nitrogen and oxygen atoms in total. The zero-order valence-electron chi connectivity index (χ0n) is 14.4. The van der Waals surface area contributed by atoms with Crippen LogP contribution >= 0.6 is 0 Å². The van der Waals surface area contributed by atoms with Crippen molar-refractivity contribution in [2.45, 2.75) is 26.2 Å². The van der Waals surface area contributed by atoms with Crippen molar-refractivity contribution in [3.8, 4) is 11.3 Å². The van der Waals surface area contributed by atoms with Crippen molar-refractivity contribution in [1.29, 1.82) is 0 Å². The van der Waals surface area contributed by atoms with E-state index in [1.807, 2.05) is 63.2 Å². The predicted molar refractivity (Wildman–Crippen MR) is 96.0 cm³/mol. The van der Waals surface area contributed by atoms with Gasteiger partial charge in [-0.2, -0.15) is 9.78 Å². The molecule has 25 heavy (non-hydrogen) atoms. The lowest BCUT2D eigenvalue weighted by atomic mass is 9.87. The minimum absolute atomic E-state index is 0.0531. The number of benzene rings is 2. The SMILES string of the molecule is CC(C)(C)c1c2c(nn1C(=O)c1ccccc1)-c1ccccc1C2=O. The van der Waals surface area contributed by atoms with Gasteiger partial charge in [-0.15, -0.1) is 0 Å². The lowest BCUT2D eigenvalue weighted by Gasteiger charge is -2.21. The molecule has 0 unspecified atom stereocenters. The van der Waals surface area contributed by atoms with Crippen LogP contribution in [0.15, 0.2) is 54.6 Å². The Kier molecular flexibility index (Phi) is 3.25. The zero-order valence-corrected chi connectivity index (χ0v) is 14.4. The van der Waals surface area contributed by atoms with Crippen LogP contribution < -0.4 is 0 Å². The first-order valence-corrected chi connectivity index (χ1v) is 8.27. The molecule has 2 aromatic carbocycles. The van der Waals surface area contributed by atoms with Gasteiger partial charge in [0.05, 0.1) is 11.3 Å². The maximum absolute atomic E-state index is 13.0. The third-order valence-electron chi connectivity index (χ3n) is 4.46. The zero-order chi connectivity index (χ0) is 17.8. The summed E-state index contributed by atoms with van der Waals surface area (Å²) in [5, 5.41) is 4.57. The number of fused-ring (bicyclic) bond motifs is 3. The maximum Gasteiger partial charge on any atom is 0.278 e. The molecule has 0 bridgehead atoms. The Bertz CT molecular complexity index is 1010. The fraction of sp³-hybridized carbons (Fsp3) is 0.190. The Morgan fingerprint density at radius 1 is 0.920 bits per heavy atom. The van der Waals surface area contributed by atoms with Crippen molar-refractivity contribution in [3.63, 3.8) is 0 Å². The van der Waals surface area contributed by atoms with Crippen LogP contribution in [0.1, 0.15) is 52.7 Å². The van der Waals surface area contributed by atoms with E-state index in [1.165, 1.54) is 4.68 Å². The monoisotopic (exact) mass is 330 g/mol. The van der Waals surface area contributed by atoms with Crippen molar-refractivity contribution >= 4 is 11.7 Å². The van der Waals surface area contributed by atoms with E-state index in [4.69, 9.17) is 0 Å². The summed E-state index contributed by atoms with van der Waals surface area (Å²) in [6, 6.07) is 16.5. The lowest BCUT2D eigenvalue weighted by Crippen LogP contribution is -2.26. The van der Waals surface area contributed by atoms with Crippen molar-refractivity contribution in [2.75, 3.05) is 0 Å². The highest BCUT2D eigenvalue weighted by molar-refractivity contribution is 6.22. The van der Waals surface area contributed by atoms with E-state index in [0.29, 0.717) is 28.1 Å². The van der Waals surface area contributed by atoms with Crippen LogP contribution in [0.4, 0.5) is 0 Å². The van der Waals surface area contributed by atoms with Crippen molar-refractivity contribution < 1.29 is 9.59 Å². The molecule has 1 aliphatic rings. The van der Waals surface area contributed by atoms with Crippen molar-refractivity contribution in [3.05, 3.63) is 77.0 Å². The summed E-state index contributed by atoms with van der Waals surface area (Å²) in [5.74, 6) is -0.271. The van der Waals surface area contributed by atoms with E-state index in [1.54, 1.807) is 12.1 Å². The van der Waals surface area contributed by atoms with Gasteiger partial charge in [-0.3, -0.25) is 9.59 Å². The Labute approximate surface area is 146 Å². The summed E-state index contributed by atoms with van der Waals surface area (Å²) < 4.78 is 1.41. The van der Waals surface area contributed by atoms with Gasteiger partial charge in [0.25, 0.3) is 5.91 Å². The van der Waals surface area contributed by atoms with Gasteiger partial charge >= 0.3 is 0 Å². The molecule has 0 spiro atoms. The summed E-state index contributed by atoms with van der Waals surface area (Å²) in [6.45, 7) is 5.99. The third-order valence-corrected chi connectivity index (χ3v) is 4.46. The number of aromatic nitrogens is 2. The molecule has 0 fully saturated rings. The highest BCUT2D eigenvalue weighted by atomic mass is 16.2. The summed E-state index contributed by atoms with van der Waals surface area (Å²) in [5.41, 5.74) is 3.43. The second kappa shape index (κ2) is 5.24. The molecule has 0 aliphatic heterocycles. The summed E-state index contributed by atoms with van der Waals surface area (Å²) >= 11 is 0. The van der Waals surface area contributed by atoms with E-state index in [-0.39, 0.29) is 11.7 Å². The van der Waals surface area contributed by atoms with Gasteiger partial charge in [0.2, 0.25) is 0 Å². The molecule has 1 heterocycles. The minimum Gasteiger partial charge on any atom is -0.288 e. The average molecular weight is 330 g/mol. The molecule has 124 valence electrons. The van der Waals surface area contributed by atoms with Crippen LogP contribution in [-0.2, 0) is 5.41 Å². The largest absolute Gasteiger partial charge is 0.288 e. The number of carbonyl (C=O) groups excluding carboxylic acids is 2. The Hall–Kier alpha value is -3.01. The number of rotatable bonds is 1. The molecule has 0 saturated carbocycles. The van der Waals surface area contributed by atoms with Gasteiger partial charge in [0.15, 0.2) is 5.78 Å². The van der Waals surface area contributed by atoms with Crippen LogP contribution in [-0.4, -0.2) is 21.5 Å². The molecule has 0 N–H and O–H groups in total. The average Bonchev–Trinajstić information content (AvgIpc) is 3.12. The van der Waals surface area contributed by atoms with Gasteiger partial charge in [-0.1, -0.05) is 63.2 Å². The van der Waals surface area contributed by atoms with E-state index >= 15 is 0 Å². The van der Waals surface area contributed by atoms with E-state index in [2.05, 4.69) is 5.10 Å². The van der Waals surface area contributed by atoms with Crippen LogP contribution in [0.2, 0.25) is 0 Å². The first kappa shape index (κ1) is 15.5. The van der Waals surface area contributed by atoms with Crippen LogP contribution in [0, 0.1) is 0 Å². The first-order chi connectivity index (χ1) is 11.9. The Balaban J connectivity index is 1.99. The first-order valence-electron chi connectivity index (χ1n) is 8.27. The summed E-state index contributed by atoms with van der Waals surface area (Å²) in [7, 11) is 0. The highest BCUT2D eigenvalue weighted by Crippen LogP contribution is 2.41. The number of hydrogen-bond acceptors (Lipinski definition) is 3. The second-order valence-electron chi connectivity index (χ2n) is 7.28. The van der Waals surface area contributed by atoms with Gasteiger partial charge in [0, 0.05) is 22.1 Å². The number of nitrogens with zero attached hydrogens (tertiary/aromatic N) is 2. The molecule has 4 heteroatoms. The standard InChI is InChI=1S/C21H18N2O2/c1-21(2,3)19-16-17(14-11-7-8-12-15(14)18(16)24)22-23(19)20(25)13-9-5-4-6-10-13/h4-12H,1-3H3. The van der Waals surface area contributed by atoms with Crippen molar-refractivity contribution in [1.82, 2.24) is 9.78 Å². The molecule has 1 aliphatic carbocycles. The quantitative estimate of drug-likeness (QED) is 0.528. The molecule has 3 aromatic rings. The third kappa shape index (κ3) is 2.25. The lowest BCUT2D eigenvalue weighted by molar-refractivity contribution is 0.0937. The topological polar surface area (TPSA) is 52.0 Å². The minimum atomic E-state index is -0.400. The Morgan fingerprint density at radius 3 is 2.16 bits per heavy atom. The van der Waals surface area contributed by atoms with Crippen LogP contribution in [0.25, 0.3) is 11.3 Å². The molecule has 0 radical (unpaired) electrons. The predicted octanol–water partition coefficient (Wildman–Crippen LogP) is 4.08. The van der Waals surface area contributed by atoms with Gasteiger partial charge in [0.1, 0.15) is 5.69 Å². The van der Waals surface area contributed by atoms with E-state index in [0.717, 1.165) is 5.56 Å². The molecule has 0 atom stereocenters.